The predicted octanol–water partition coefficient (Wildman–Crippen LogP) is 3.24. The Morgan fingerprint density at radius 3 is 3.00 bits per heavy atom. The van der Waals surface area contributed by atoms with Crippen molar-refractivity contribution in [3.05, 3.63) is 71.7 Å². The molecule has 1 aliphatic rings. The van der Waals surface area contributed by atoms with Gasteiger partial charge in [-0.3, -0.25) is 4.79 Å². The standard InChI is InChI=1S/C19H16N4O3/c1-11-18(25-10-22-11)19(24)23-7-6-13-16(21-9-20-13)17(23)15-8-12-4-2-3-5-14(12)26-15/h2-5,8-10,17H,6-7H2,1H3,(H,20,21)/t17-/m1/s1. The molecule has 1 N–H and O–H groups in total. The zero-order valence-electron chi connectivity index (χ0n) is 14.1. The highest BCUT2D eigenvalue weighted by Gasteiger charge is 2.38. The molecule has 5 rings (SSSR count). The Bertz CT molecular complexity index is 1070. The summed E-state index contributed by atoms with van der Waals surface area (Å²) in [6.45, 7) is 2.30. The lowest BCUT2D eigenvalue weighted by molar-refractivity contribution is 0.0639. The van der Waals surface area contributed by atoms with Gasteiger partial charge in [-0.2, -0.15) is 0 Å². The molecule has 0 fully saturated rings. The Balaban J connectivity index is 1.64. The molecular formula is C19H16N4O3. The minimum Gasteiger partial charge on any atom is -0.458 e. The Labute approximate surface area is 148 Å². The van der Waals surface area contributed by atoms with E-state index < -0.39 is 6.04 Å². The average Bonchev–Trinajstić information content (AvgIpc) is 3.38. The normalized spacial score (nSPS) is 16.8. The number of carbonyl (C=O) groups is 1. The highest BCUT2D eigenvalue weighted by atomic mass is 16.4. The van der Waals surface area contributed by atoms with Gasteiger partial charge in [0.15, 0.2) is 6.39 Å². The van der Waals surface area contributed by atoms with E-state index in [0.29, 0.717) is 24.4 Å². The fraction of sp³-hybridized carbons (Fsp3) is 0.211. The van der Waals surface area contributed by atoms with E-state index in [9.17, 15) is 4.79 Å². The van der Waals surface area contributed by atoms with Crippen LogP contribution in [0.1, 0.15) is 39.4 Å². The van der Waals surface area contributed by atoms with Crippen LogP contribution in [0.25, 0.3) is 11.0 Å². The average molecular weight is 348 g/mol. The van der Waals surface area contributed by atoms with Crippen LogP contribution in [-0.4, -0.2) is 32.3 Å². The highest BCUT2D eigenvalue weighted by molar-refractivity contribution is 5.93. The van der Waals surface area contributed by atoms with Crippen molar-refractivity contribution in [2.45, 2.75) is 19.4 Å². The molecule has 4 heterocycles. The van der Waals surface area contributed by atoms with Gasteiger partial charge < -0.3 is 18.7 Å². The van der Waals surface area contributed by atoms with Gasteiger partial charge in [-0.05, 0) is 19.1 Å². The largest absolute Gasteiger partial charge is 0.458 e. The van der Waals surface area contributed by atoms with Crippen LogP contribution >= 0.6 is 0 Å². The second-order valence-corrected chi connectivity index (χ2v) is 6.37. The third-order valence-electron chi connectivity index (χ3n) is 4.84. The maximum Gasteiger partial charge on any atom is 0.292 e. The second kappa shape index (κ2) is 5.59. The number of furan rings is 1. The number of benzene rings is 1. The third kappa shape index (κ3) is 2.17. The van der Waals surface area contributed by atoms with Crippen molar-refractivity contribution in [1.29, 1.82) is 0 Å². The van der Waals surface area contributed by atoms with E-state index in [1.807, 2.05) is 30.3 Å². The van der Waals surface area contributed by atoms with Crippen LogP contribution in [0.5, 0.6) is 0 Å². The summed E-state index contributed by atoms with van der Waals surface area (Å²) in [5.74, 6) is 0.731. The van der Waals surface area contributed by atoms with E-state index in [-0.39, 0.29) is 11.7 Å². The molecule has 4 aromatic rings. The number of rotatable bonds is 2. The van der Waals surface area contributed by atoms with Crippen LogP contribution < -0.4 is 0 Å². The Morgan fingerprint density at radius 2 is 2.19 bits per heavy atom. The second-order valence-electron chi connectivity index (χ2n) is 6.37. The SMILES string of the molecule is Cc1ncoc1C(=O)N1CCc2[nH]cnc2[C@H]1c1cc2ccccc2o1. The van der Waals surface area contributed by atoms with Crippen LogP contribution in [0.15, 0.2) is 51.9 Å². The molecule has 0 saturated heterocycles. The number of hydrogen-bond acceptors (Lipinski definition) is 5. The molecule has 26 heavy (non-hydrogen) atoms. The van der Waals surface area contributed by atoms with Gasteiger partial charge in [0.1, 0.15) is 17.4 Å². The molecule has 1 amide bonds. The van der Waals surface area contributed by atoms with Crippen LogP contribution in [-0.2, 0) is 6.42 Å². The zero-order valence-corrected chi connectivity index (χ0v) is 14.1. The van der Waals surface area contributed by atoms with Gasteiger partial charge in [0.05, 0.1) is 17.7 Å². The number of H-pyrrole nitrogens is 1. The number of oxazole rings is 1. The fourth-order valence-corrected chi connectivity index (χ4v) is 3.56. The Hall–Kier alpha value is -3.35. The van der Waals surface area contributed by atoms with Crippen LogP contribution in [0.4, 0.5) is 0 Å². The smallest absolute Gasteiger partial charge is 0.292 e. The topological polar surface area (TPSA) is 88.2 Å². The van der Waals surface area contributed by atoms with Crippen molar-refractivity contribution < 1.29 is 13.6 Å². The first-order valence-electron chi connectivity index (χ1n) is 8.44. The van der Waals surface area contributed by atoms with Crippen molar-refractivity contribution in [2.75, 3.05) is 6.54 Å². The van der Waals surface area contributed by atoms with E-state index in [1.54, 1.807) is 18.2 Å². The van der Waals surface area contributed by atoms with Crippen molar-refractivity contribution in [3.63, 3.8) is 0 Å². The number of para-hydroxylation sites is 1. The number of aromatic nitrogens is 3. The zero-order chi connectivity index (χ0) is 17.7. The van der Waals surface area contributed by atoms with E-state index in [4.69, 9.17) is 8.83 Å². The first-order chi connectivity index (χ1) is 12.7. The number of carbonyl (C=O) groups excluding carboxylic acids is 1. The minimum absolute atomic E-state index is 0.209. The lowest BCUT2D eigenvalue weighted by Crippen LogP contribution is -2.40. The molecular weight excluding hydrogens is 332 g/mol. The summed E-state index contributed by atoms with van der Waals surface area (Å²) in [5.41, 5.74) is 3.19. The molecule has 1 aliphatic heterocycles. The molecule has 0 unspecified atom stereocenters. The summed E-state index contributed by atoms with van der Waals surface area (Å²) < 4.78 is 11.4. The molecule has 3 aromatic heterocycles. The molecule has 7 heteroatoms. The van der Waals surface area contributed by atoms with Gasteiger partial charge >= 0.3 is 0 Å². The van der Waals surface area contributed by atoms with E-state index >= 15 is 0 Å². The number of imidazole rings is 1. The lowest BCUT2D eigenvalue weighted by atomic mass is 9.99. The number of aryl methyl sites for hydroxylation is 1. The molecule has 0 spiro atoms. The summed E-state index contributed by atoms with van der Waals surface area (Å²) >= 11 is 0. The molecule has 1 atom stereocenters. The molecule has 7 nitrogen and oxygen atoms in total. The maximum atomic E-state index is 13.1. The van der Waals surface area contributed by atoms with Gasteiger partial charge in [0.2, 0.25) is 5.76 Å². The Kier molecular flexibility index (Phi) is 3.21. The fourth-order valence-electron chi connectivity index (χ4n) is 3.56. The van der Waals surface area contributed by atoms with Crippen LogP contribution in [0.3, 0.4) is 0 Å². The summed E-state index contributed by atoms with van der Waals surface area (Å²) in [4.78, 5) is 26.5. The number of aromatic amines is 1. The van der Waals surface area contributed by atoms with Crippen molar-refractivity contribution >= 4 is 16.9 Å². The number of hydrogen-bond donors (Lipinski definition) is 1. The van der Waals surface area contributed by atoms with Crippen molar-refractivity contribution in [1.82, 2.24) is 19.9 Å². The lowest BCUT2D eigenvalue weighted by Gasteiger charge is -2.33. The van der Waals surface area contributed by atoms with Gasteiger partial charge in [0, 0.05) is 24.0 Å². The highest BCUT2D eigenvalue weighted by Crippen LogP contribution is 2.37. The number of nitrogens with zero attached hydrogens (tertiary/aromatic N) is 3. The summed E-state index contributed by atoms with van der Waals surface area (Å²) in [6, 6.07) is 9.36. The van der Waals surface area contributed by atoms with Gasteiger partial charge in [-0.15, -0.1) is 0 Å². The van der Waals surface area contributed by atoms with Gasteiger partial charge in [-0.1, -0.05) is 18.2 Å². The molecule has 0 bridgehead atoms. The number of fused-ring (bicyclic) bond motifs is 2. The minimum atomic E-state index is -0.408. The van der Waals surface area contributed by atoms with E-state index in [1.165, 1.54) is 6.39 Å². The van der Waals surface area contributed by atoms with Gasteiger partial charge in [-0.25, -0.2) is 9.97 Å². The first-order valence-corrected chi connectivity index (χ1v) is 8.44. The van der Waals surface area contributed by atoms with Crippen molar-refractivity contribution in [3.8, 4) is 0 Å². The monoisotopic (exact) mass is 348 g/mol. The molecule has 0 saturated carbocycles. The molecule has 0 radical (unpaired) electrons. The van der Waals surface area contributed by atoms with Crippen LogP contribution in [0.2, 0.25) is 0 Å². The number of nitrogens with one attached hydrogen (secondary N) is 1. The quantitative estimate of drug-likeness (QED) is 0.601. The third-order valence-corrected chi connectivity index (χ3v) is 4.84. The van der Waals surface area contributed by atoms with E-state index in [2.05, 4.69) is 15.0 Å². The van der Waals surface area contributed by atoms with E-state index in [0.717, 1.165) is 22.4 Å². The van der Waals surface area contributed by atoms with Crippen molar-refractivity contribution in [2.24, 2.45) is 0 Å². The summed E-state index contributed by atoms with van der Waals surface area (Å²) in [6.07, 6.45) is 3.65. The molecule has 1 aromatic carbocycles. The Morgan fingerprint density at radius 1 is 1.31 bits per heavy atom. The van der Waals surface area contributed by atoms with Gasteiger partial charge in [0.25, 0.3) is 5.91 Å². The summed E-state index contributed by atoms with van der Waals surface area (Å²) in [5, 5.41) is 0.994. The summed E-state index contributed by atoms with van der Waals surface area (Å²) in [7, 11) is 0. The number of amides is 1. The predicted molar refractivity (Wildman–Crippen MR) is 92.6 cm³/mol. The van der Waals surface area contributed by atoms with Crippen LogP contribution in [0, 0.1) is 6.92 Å². The maximum absolute atomic E-state index is 13.1. The first kappa shape index (κ1) is 14.9. The molecule has 0 aliphatic carbocycles. The molecule has 130 valence electrons.